The van der Waals surface area contributed by atoms with Crippen LogP contribution in [0.15, 0.2) is 0 Å². The summed E-state index contributed by atoms with van der Waals surface area (Å²) in [5, 5.41) is 9.49. The zero-order valence-corrected chi connectivity index (χ0v) is 13.1. The van der Waals surface area contributed by atoms with Crippen molar-refractivity contribution in [2.45, 2.75) is 76.5 Å². The second-order valence-electron chi connectivity index (χ2n) is 6.60. The van der Waals surface area contributed by atoms with Gasteiger partial charge >= 0.3 is 0 Å². The minimum absolute atomic E-state index is 0.0288. The highest BCUT2D eigenvalue weighted by molar-refractivity contribution is 6.74. The molecule has 0 unspecified atom stereocenters. The predicted molar refractivity (Wildman–Crippen MR) is 71.5 cm³/mol. The molecule has 108 valence electrons. The van der Waals surface area contributed by atoms with Crippen molar-refractivity contribution in [2.24, 2.45) is 5.73 Å². The summed E-state index contributed by atoms with van der Waals surface area (Å²) >= 11 is 0. The van der Waals surface area contributed by atoms with Gasteiger partial charge in [0, 0.05) is 0 Å². The molecule has 0 radical (unpaired) electrons. The lowest BCUT2D eigenvalue weighted by atomic mass is 9.99. The average molecular weight is 279 g/mol. The molecule has 0 aromatic heterocycles. The Morgan fingerprint density at radius 2 is 1.83 bits per heavy atom. The molecular formula is C12H26FNO3Si. The Morgan fingerprint density at radius 1 is 1.33 bits per heavy atom. The first-order chi connectivity index (χ1) is 7.97. The van der Waals surface area contributed by atoms with E-state index in [0.717, 1.165) is 0 Å². The molecule has 1 aliphatic rings. The fraction of sp³-hybridized carbons (Fsp3) is 1.00. The van der Waals surface area contributed by atoms with Crippen LogP contribution in [0.5, 0.6) is 0 Å². The first kappa shape index (κ1) is 16.0. The molecule has 0 amide bonds. The highest BCUT2D eigenvalue weighted by Gasteiger charge is 2.48. The Hall–Kier alpha value is -0.0131. The van der Waals surface area contributed by atoms with Gasteiger partial charge in [0.25, 0.3) is 0 Å². The summed E-state index contributed by atoms with van der Waals surface area (Å²) in [6.07, 6.45) is -4.26. The number of nitrogens with two attached hydrogens (primary N) is 1. The van der Waals surface area contributed by atoms with E-state index in [1.807, 2.05) is 13.1 Å². The predicted octanol–water partition coefficient (Wildman–Crippen LogP) is 1.78. The third kappa shape index (κ3) is 3.11. The van der Waals surface area contributed by atoms with Crippen LogP contribution in [0.25, 0.3) is 0 Å². The Kier molecular flexibility index (Phi) is 4.61. The number of rotatable bonds is 2. The molecule has 1 aliphatic heterocycles. The summed E-state index contributed by atoms with van der Waals surface area (Å²) in [4.78, 5) is 0. The number of alkyl halides is 1. The van der Waals surface area contributed by atoms with Crippen molar-refractivity contribution in [3.63, 3.8) is 0 Å². The lowest BCUT2D eigenvalue weighted by Gasteiger charge is -2.45. The molecule has 6 heteroatoms. The zero-order chi connectivity index (χ0) is 14.3. The molecule has 4 nitrogen and oxygen atoms in total. The molecule has 5 atom stereocenters. The quantitative estimate of drug-likeness (QED) is 0.756. The molecular weight excluding hydrogens is 253 g/mol. The van der Waals surface area contributed by atoms with Crippen LogP contribution in [0, 0.1) is 0 Å². The Balaban J connectivity index is 2.87. The number of hydrogen-bond donors (Lipinski definition) is 2. The molecule has 1 fully saturated rings. The van der Waals surface area contributed by atoms with Crippen LogP contribution >= 0.6 is 0 Å². The fourth-order valence-corrected chi connectivity index (χ4v) is 3.01. The third-order valence-electron chi connectivity index (χ3n) is 4.10. The van der Waals surface area contributed by atoms with Gasteiger partial charge < -0.3 is 20.0 Å². The topological polar surface area (TPSA) is 64.7 Å². The van der Waals surface area contributed by atoms with Crippen LogP contribution in [0.2, 0.25) is 18.1 Å². The molecule has 0 aliphatic carbocycles. The van der Waals surface area contributed by atoms with Crippen LogP contribution in [-0.4, -0.2) is 44.1 Å². The SMILES string of the molecule is C[C@H]1O[C@H](O)[C@H](F)[C@@H](O[Si](C)(C)C(C)(C)C)[C@@H]1N. The number of halogens is 1. The molecule has 0 aromatic carbocycles. The van der Waals surface area contributed by atoms with Crippen molar-refractivity contribution < 1.29 is 18.7 Å². The van der Waals surface area contributed by atoms with Gasteiger partial charge in [-0.3, -0.25) is 0 Å². The van der Waals surface area contributed by atoms with Gasteiger partial charge in [0.2, 0.25) is 0 Å². The maximum atomic E-state index is 14.0. The standard InChI is InChI=1S/C12H26FNO3Si/c1-7-9(14)10(8(13)11(15)16-7)17-18(5,6)12(2,3)4/h7-11,15H,14H2,1-6H3/t7-,8-,9-,10-,11+/m1/s1. The monoisotopic (exact) mass is 279 g/mol. The van der Waals surface area contributed by atoms with Crippen molar-refractivity contribution >= 4 is 8.32 Å². The van der Waals surface area contributed by atoms with Crippen molar-refractivity contribution in [3.05, 3.63) is 0 Å². The number of ether oxygens (including phenoxy) is 1. The molecule has 3 N–H and O–H groups in total. The van der Waals surface area contributed by atoms with Crippen LogP contribution in [0.3, 0.4) is 0 Å². The van der Waals surface area contributed by atoms with Gasteiger partial charge in [0.15, 0.2) is 20.8 Å². The van der Waals surface area contributed by atoms with E-state index in [-0.39, 0.29) is 5.04 Å². The normalized spacial score (nSPS) is 38.8. The summed E-state index contributed by atoms with van der Waals surface area (Å²) in [6.45, 7) is 12.0. The van der Waals surface area contributed by atoms with E-state index in [2.05, 4.69) is 20.8 Å². The fourth-order valence-electron chi connectivity index (χ4n) is 1.69. The van der Waals surface area contributed by atoms with Crippen molar-refractivity contribution in [2.75, 3.05) is 0 Å². The average Bonchev–Trinajstić information content (AvgIpc) is 2.20. The van der Waals surface area contributed by atoms with Crippen molar-refractivity contribution in [1.29, 1.82) is 0 Å². The van der Waals surface area contributed by atoms with Gasteiger partial charge in [-0.15, -0.1) is 0 Å². The Labute approximate surface area is 110 Å². The second kappa shape index (κ2) is 5.17. The van der Waals surface area contributed by atoms with E-state index in [9.17, 15) is 9.50 Å². The lowest BCUT2D eigenvalue weighted by Crippen LogP contribution is -2.63. The van der Waals surface area contributed by atoms with Gasteiger partial charge in [0.1, 0.15) is 0 Å². The molecule has 0 spiro atoms. The van der Waals surface area contributed by atoms with Gasteiger partial charge in [0.05, 0.1) is 18.2 Å². The maximum absolute atomic E-state index is 14.0. The van der Waals surface area contributed by atoms with E-state index >= 15 is 0 Å². The molecule has 18 heavy (non-hydrogen) atoms. The van der Waals surface area contributed by atoms with E-state index in [4.69, 9.17) is 14.9 Å². The zero-order valence-electron chi connectivity index (χ0n) is 12.1. The van der Waals surface area contributed by atoms with Crippen LogP contribution < -0.4 is 5.73 Å². The number of aliphatic hydroxyl groups excluding tert-OH is 1. The first-order valence-electron chi connectivity index (χ1n) is 6.38. The Morgan fingerprint density at radius 3 is 2.28 bits per heavy atom. The summed E-state index contributed by atoms with van der Waals surface area (Å²) in [7, 11) is -2.12. The van der Waals surface area contributed by atoms with Crippen LogP contribution in [0.4, 0.5) is 4.39 Å². The number of aliphatic hydroxyl groups is 1. The Bertz CT molecular complexity index is 282. The summed E-state index contributed by atoms with van der Waals surface area (Å²) in [5.74, 6) is 0. The van der Waals surface area contributed by atoms with Crippen molar-refractivity contribution in [3.8, 4) is 0 Å². The highest BCUT2D eigenvalue weighted by atomic mass is 28.4. The lowest BCUT2D eigenvalue weighted by molar-refractivity contribution is -0.227. The molecule has 1 rings (SSSR count). The minimum atomic E-state index is -2.12. The number of hydrogen-bond acceptors (Lipinski definition) is 4. The van der Waals surface area contributed by atoms with E-state index in [1.165, 1.54) is 0 Å². The van der Waals surface area contributed by atoms with Crippen molar-refractivity contribution in [1.82, 2.24) is 0 Å². The van der Waals surface area contributed by atoms with Gasteiger partial charge in [-0.25, -0.2) is 4.39 Å². The van der Waals surface area contributed by atoms with Crippen LogP contribution in [0.1, 0.15) is 27.7 Å². The second-order valence-corrected chi connectivity index (χ2v) is 11.4. The van der Waals surface area contributed by atoms with Gasteiger partial charge in [-0.1, -0.05) is 20.8 Å². The smallest absolute Gasteiger partial charge is 0.192 e. The van der Waals surface area contributed by atoms with Gasteiger partial charge in [-0.2, -0.15) is 0 Å². The summed E-state index contributed by atoms with van der Waals surface area (Å²) < 4.78 is 25.1. The van der Waals surface area contributed by atoms with Gasteiger partial charge in [-0.05, 0) is 25.1 Å². The largest absolute Gasteiger partial charge is 0.409 e. The first-order valence-corrected chi connectivity index (χ1v) is 9.29. The highest BCUT2D eigenvalue weighted by Crippen LogP contribution is 2.39. The molecule has 0 bridgehead atoms. The summed E-state index contributed by atoms with van der Waals surface area (Å²) in [5.41, 5.74) is 5.95. The maximum Gasteiger partial charge on any atom is 0.192 e. The molecule has 1 heterocycles. The molecule has 0 saturated carbocycles. The molecule has 1 saturated heterocycles. The van der Waals surface area contributed by atoms with E-state index in [0.29, 0.717) is 0 Å². The summed E-state index contributed by atoms with van der Waals surface area (Å²) in [6, 6.07) is -0.558. The third-order valence-corrected chi connectivity index (χ3v) is 8.57. The minimum Gasteiger partial charge on any atom is -0.409 e. The van der Waals surface area contributed by atoms with E-state index < -0.39 is 39.0 Å². The molecule has 0 aromatic rings. The van der Waals surface area contributed by atoms with Crippen LogP contribution in [-0.2, 0) is 9.16 Å². The van der Waals surface area contributed by atoms with E-state index in [1.54, 1.807) is 6.92 Å².